The minimum atomic E-state index is -1.84. The molecule has 0 radical (unpaired) electrons. The Morgan fingerprint density at radius 3 is 2.37 bits per heavy atom. The molecule has 1 saturated carbocycles. The van der Waals surface area contributed by atoms with Gasteiger partial charge in [0, 0.05) is 18.9 Å². The number of carbonyl (C=O) groups is 2. The normalized spacial score (nSPS) is 23.6. The number of aliphatic hydroxyl groups is 2. The summed E-state index contributed by atoms with van der Waals surface area (Å²) in [5.41, 5.74) is -0.198. The molecule has 3 N–H and O–H groups in total. The van der Waals surface area contributed by atoms with E-state index in [1.807, 2.05) is 48.5 Å². The third kappa shape index (κ3) is 6.47. The van der Waals surface area contributed by atoms with Gasteiger partial charge >= 0.3 is 11.9 Å². The van der Waals surface area contributed by atoms with Gasteiger partial charge in [0.05, 0.1) is 19.8 Å². The third-order valence-corrected chi connectivity index (χ3v) is 6.57. The van der Waals surface area contributed by atoms with Gasteiger partial charge in [-0.05, 0) is 46.2 Å². The van der Waals surface area contributed by atoms with E-state index in [0.717, 1.165) is 16.3 Å². The zero-order valence-corrected chi connectivity index (χ0v) is 20.9. The molecule has 0 amide bonds. The van der Waals surface area contributed by atoms with Crippen LogP contribution < -0.4 is 4.74 Å². The van der Waals surface area contributed by atoms with Crippen LogP contribution in [-0.2, 0) is 19.1 Å². The third-order valence-electron chi connectivity index (χ3n) is 6.57. The summed E-state index contributed by atoms with van der Waals surface area (Å²) in [7, 11) is 1.55. The molecule has 8 heteroatoms. The summed E-state index contributed by atoms with van der Waals surface area (Å²) in [6.07, 6.45) is 1.37. The van der Waals surface area contributed by atoms with Gasteiger partial charge in [-0.1, -0.05) is 60.7 Å². The maximum absolute atomic E-state index is 12.4. The molecule has 0 aliphatic heterocycles. The molecular formula is C30H30O8. The molecule has 0 aromatic heterocycles. The van der Waals surface area contributed by atoms with Crippen molar-refractivity contribution in [2.24, 2.45) is 0 Å². The van der Waals surface area contributed by atoms with Crippen molar-refractivity contribution in [3.63, 3.8) is 0 Å². The van der Waals surface area contributed by atoms with E-state index in [1.54, 1.807) is 37.5 Å². The fourth-order valence-electron chi connectivity index (χ4n) is 4.47. The van der Waals surface area contributed by atoms with Crippen molar-refractivity contribution >= 4 is 34.9 Å². The Kier molecular flexibility index (Phi) is 8.58. The minimum absolute atomic E-state index is 0.0556. The number of hydrogen-bond acceptors (Lipinski definition) is 7. The van der Waals surface area contributed by atoms with Crippen LogP contribution in [-0.4, -0.2) is 64.9 Å². The lowest BCUT2D eigenvalue weighted by Gasteiger charge is -2.41. The second-order valence-corrected chi connectivity index (χ2v) is 9.17. The molecule has 1 fully saturated rings. The average molecular weight is 519 g/mol. The van der Waals surface area contributed by atoms with Crippen molar-refractivity contribution in [3.8, 4) is 5.75 Å². The van der Waals surface area contributed by atoms with Crippen LogP contribution in [0.25, 0.3) is 22.9 Å². The molecule has 1 aliphatic carbocycles. The van der Waals surface area contributed by atoms with Gasteiger partial charge in [0.25, 0.3) is 0 Å². The molecule has 38 heavy (non-hydrogen) atoms. The van der Waals surface area contributed by atoms with Crippen LogP contribution >= 0.6 is 0 Å². The molecule has 0 heterocycles. The topological polar surface area (TPSA) is 123 Å². The molecule has 0 spiro atoms. The van der Waals surface area contributed by atoms with E-state index in [9.17, 15) is 24.9 Å². The van der Waals surface area contributed by atoms with Gasteiger partial charge in [-0.25, -0.2) is 9.59 Å². The highest BCUT2D eigenvalue weighted by molar-refractivity contribution is 5.87. The van der Waals surface area contributed by atoms with Gasteiger partial charge < -0.3 is 29.5 Å². The van der Waals surface area contributed by atoms with Crippen LogP contribution in [0.4, 0.5) is 0 Å². The van der Waals surface area contributed by atoms with Crippen molar-refractivity contribution < 1.29 is 39.1 Å². The smallest absolute Gasteiger partial charge is 0.336 e. The maximum Gasteiger partial charge on any atom is 0.336 e. The second kappa shape index (κ2) is 12.0. The van der Waals surface area contributed by atoms with Crippen LogP contribution in [0.2, 0.25) is 0 Å². The summed E-state index contributed by atoms with van der Waals surface area (Å²) in [4.78, 5) is 24.7. The van der Waals surface area contributed by atoms with E-state index in [1.165, 1.54) is 12.2 Å². The molecule has 0 saturated heterocycles. The number of carbonyl (C=O) groups excluding carboxylic acids is 1. The predicted molar refractivity (Wildman–Crippen MR) is 142 cm³/mol. The highest BCUT2D eigenvalue weighted by Gasteiger charge is 2.52. The number of fused-ring (bicyclic) bond motifs is 1. The zero-order chi connectivity index (χ0) is 27.1. The van der Waals surface area contributed by atoms with Gasteiger partial charge in [-0.3, -0.25) is 0 Å². The predicted octanol–water partition coefficient (Wildman–Crippen LogP) is 3.84. The van der Waals surface area contributed by atoms with Gasteiger partial charge in [0.15, 0.2) is 5.60 Å². The van der Waals surface area contributed by atoms with Crippen LogP contribution in [0.5, 0.6) is 5.75 Å². The Morgan fingerprint density at radius 2 is 1.66 bits per heavy atom. The fourth-order valence-corrected chi connectivity index (χ4v) is 4.47. The number of methoxy groups -OCH3 is 1. The first-order valence-corrected chi connectivity index (χ1v) is 12.2. The summed E-state index contributed by atoms with van der Waals surface area (Å²) in [5.74, 6) is -1.42. The number of esters is 1. The summed E-state index contributed by atoms with van der Waals surface area (Å²) in [6, 6.07) is 20.9. The monoisotopic (exact) mass is 518 g/mol. The lowest BCUT2D eigenvalue weighted by atomic mass is 9.79. The molecule has 4 atom stereocenters. The van der Waals surface area contributed by atoms with Crippen molar-refractivity contribution in [3.05, 3.63) is 90.0 Å². The molecule has 0 bridgehead atoms. The molecule has 3 aromatic carbocycles. The van der Waals surface area contributed by atoms with Gasteiger partial charge in [-0.2, -0.15) is 0 Å². The molecule has 8 nitrogen and oxygen atoms in total. The number of carboxylic acid groups (broad SMARTS) is 1. The van der Waals surface area contributed by atoms with Crippen LogP contribution in [0.3, 0.4) is 0 Å². The Balaban J connectivity index is 1.40. The standard InChI is InChI=1S/C30H30O8/c1-36-24-13-9-20(10-14-24)11-15-27(32)38-26-19-30(29(34)35,18-25(31)28(26)33)37-16-4-5-21-8-12-22-6-2-3-7-23(22)17-21/h2-15,17,25-26,28,31,33H,16,18-19H2,1H3,(H,34,35)/b5-4-,15-11+. The number of aliphatic hydroxyl groups excluding tert-OH is 2. The molecule has 4 rings (SSSR count). The lowest BCUT2D eigenvalue weighted by Crippen LogP contribution is -2.58. The number of ether oxygens (including phenoxy) is 3. The molecule has 3 aromatic rings. The van der Waals surface area contributed by atoms with Crippen LogP contribution in [0, 0.1) is 0 Å². The number of carboxylic acids is 1. The summed E-state index contributed by atoms with van der Waals surface area (Å²) >= 11 is 0. The Morgan fingerprint density at radius 1 is 0.947 bits per heavy atom. The summed E-state index contributed by atoms with van der Waals surface area (Å²) in [6.45, 7) is -0.0556. The minimum Gasteiger partial charge on any atom is -0.497 e. The van der Waals surface area contributed by atoms with E-state index in [0.29, 0.717) is 11.3 Å². The first-order valence-electron chi connectivity index (χ1n) is 12.2. The maximum atomic E-state index is 12.4. The van der Waals surface area contributed by atoms with E-state index in [4.69, 9.17) is 14.2 Å². The van der Waals surface area contributed by atoms with E-state index in [-0.39, 0.29) is 19.4 Å². The highest BCUT2D eigenvalue weighted by atomic mass is 16.6. The largest absolute Gasteiger partial charge is 0.497 e. The average Bonchev–Trinajstić information content (AvgIpc) is 2.92. The van der Waals surface area contributed by atoms with Gasteiger partial charge in [0.1, 0.15) is 18.0 Å². The first-order chi connectivity index (χ1) is 18.3. The van der Waals surface area contributed by atoms with E-state index < -0.39 is 35.9 Å². The summed E-state index contributed by atoms with van der Waals surface area (Å²) < 4.78 is 16.2. The molecule has 4 unspecified atom stereocenters. The van der Waals surface area contributed by atoms with Gasteiger partial charge in [0.2, 0.25) is 0 Å². The Labute approximate surface area is 220 Å². The zero-order valence-electron chi connectivity index (χ0n) is 20.9. The van der Waals surface area contributed by atoms with Crippen molar-refractivity contribution in [2.75, 3.05) is 13.7 Å². The van der Waals surface area contributed by atoms with E-state index >= 15 is 0 Å². The molecular weight excluding hydrogens is 488 g/mol. The first kappa shape index (κ1) is 27.1. The molecule has 1 aliphatic rings. The van der Waals surface area contributed by atoms with Gasteiger partial charge in [-0.15, -0.1) is 0 Å². The van der Waals surface area contributed by atoms with Crippen LogP contribution in [0.1, 0.15) is 24.0 Å². The lowest BCUT2D eigenvalue weighted by molar-refractivity contribution is -0.204. The molecule has 198 valence electrons. The quantitative estimate of drug-likeness (QED) is 0.289. The fraction of sp³-hybridized carbons (Fsp3) is 0.267. The number of hydrogen-bond donors (Lipinski definition) is 3. The van der Waals surface area contributed by atoms with E-state index in [2.05, 4.69) is 0 Å². The Hall–Kier alpha value is -3.98. The van der Waals surface area contributed by atoms with Crippen molar-refractivity contribution in [1.82, 2.24) is 0 Å². The SMILES string of the molecule is COc1ccc(/C=C/C(=O)OC2CC(OC/C=C\c3ccc4ccccc4c3)(C(=O)O)CC(O)C2O)cc1. The number of rotatable bonds is 9. The van der Waals surface area contributed by atoms with Crippen molar-refractivity contribution in [1.29, 1.82) is 0 Å². The summed E-state index contributed by atoms with van der Waals surface area (Å²) in [5, 5.41) is 33.0. The van der Waals surface area contributed by atoms with Crippen molar-refractivity contribution in [2.45, 2.75) is 36.8 Å². The highest BCUT2D eigenvalue weighted by Crippen LogP contribution is 2.35. The number of benzene rings is 3. The number of aliphatic carboxylic acids is 1. The van der Waals surface area contributed by atoms with Crippen LogP contribution in [0.15, 0.2) is 78.9 Å². The Bertz CT molecular complexity index is 1330. The second-order valence-electron chi connectivity index (χ2n) is 9.17.